The first-order valence-electron chi connectivity index (χ1n) is 9.80. The van der Waals surface area contributed by atoms with Gasteiger partial charge in [0.1, 0.15) is 5.82 Å². The minimum Gasteiger partial charge on any atom is -0.395 e. The van der Waals surface area contributed by atoms with E-state index in [4.69, 9.17) is 5.11 Å². The minimum atomic E-state index is 0.0996. The van der Waals surface area contributed by atoms with Gasteiger partial charge >= 0.3 is 0 Å². The fraction of sp³-hybridized carbons (Fsp3) is 0.476. The Morgan fingerprint density at radius 2 is 2.00 bits per heavy atom. The van der Waals surface area contributed by atoms with E-state index in [0.29, 0.717) is 12.4 Å². The quantitative estimate of drug-likeness (QED) is 0.725. The van der Waals surface area contributed by atoms with Crippen LogP contribution in [-0.4, -0.2) is 38.0 Å². The van der Waals surface area contributed by atoms with Crippen LogP contribution in [0.2, 0.25) is 0 Å². The second-order valence-electron chi connectivity index (χ2n) is 7.19. The van der Waals surface area contributed by atoms with Gasteiger partial charge in [-0.15, -0.1) is 0 Å². The standard InChI is InChI=1S/C14H15N5O.C7H14/c1-10-15-5-4-14(18-10)19-13-8-12(16-6-7-20)3-2-11(13)9-17-19;1-7-5-3-2-4-6-7/h2-5,8-9,16,20H,6-7H2,1H3;7H,2-6H2,1H3. The van der Waals surface area contributed by atoms with E-state index in [1.54, 1.807) is 10.9 Å². The van der Waals surface area contributed by atoms with Gasteiger partial charge in [0.05, 0.1) is 18.3 Å². The summed E-state index contributed by atoms with van der Waals surface area (Å²) in [5.74, 6) is 2.49. The summed E-state index contributed by atoms with van der Waals surface area (Å²) in [6, 6.07) is 7.78. The fourth-order valence-corrected chi connectivity index (χ4v) is 3.38. The number of hydrogen-bond acceptors (Lipinski definition) is 5. The Bertz CT molecular complexity index is 855. The van der Waals surface area contributed by atoms with Crippen LogP contribution in [0.25, 0.3) is 16.7 Å². The Hall–Kier alpha value is -2.47. The zero-order valence-electron chi connectivity index (χ0n) is 16.2. The van der Waals surface area contributed by atoms with Gasteiger partial charge in [0.25, 0.3) is 0 Å². The first kappa shape index (κ1) is 19.3. The molecule has 0 bridgehead atoms. The van der Waals surface area contributed by atoms with E-state index in [1.807, 2.05) is 37.4 Å². The summed E-state index contributed by atoms with van der Waals surface area (Å²) in [5.41, 5.74) is 1.91. The van der Waals surface area contributed by atoms with E-state index in [1.165, 1.54) is 32.1 Å². The smallest absolute Gasteiger partial charge is 0.157 e. The number of fused-ring (bicyclic) bond motifs is 1. The highest BCUT2D eigenvalue weighted by Crippen LogP contribution is 2.22. The van der Waals surface area contributed by atoms with Gasteiger partial charge in [0.2, 0.25) is 0 Å². The third-order valence-corrected chi connectivity index (χ3v) is 4.88. The lowest BCUT2D eigenvalue weighted by atomic mass is 9.91. The molecule has 1 aromatic carbocycles. The second-order valence-corrected chi connectivity index (χ2v) is 7.19. The van der Waals surface area contributed by atoms with Crippen molar-refractivity contribution in [2.24, 2.45) is 5.92 Å². The number of nitrogens with zero attached hydrogens (tertiary/aromatic N) is 4. The Morgan fingerprint density at radius 1 is 1.19 bits per heavy atom. The molecule has 3 aromatic rings. The molecule has 27 heavy (non-hydrogen) atoms. The van der Waals surface area contributed by atoms with Crippen molar-refractivity contribution in [1.29, 1.82) is 0 Å². The van der Waals surface area contributed by atoms with E-state index in [2.05, 4.69) is 27.3 Å². The summed E-state index contributed by atoms with van der Waals surface area (Å²) >= 11 is 0. The summed E-state index contributed by atoms with van der Waals surface area (Å²) in [6.07, 6.45) is 11.0. The molecule has 6 nitrogen and oxygen atoms in total. The average molecular weight is 367 g/mol. The summed E-state index contributed by atoms with van der Waals surface area (Å²) in [6.45, 7) is 4.83. The molecule has 0 unspecified atom stereocenters. The molecular formula is C21H29N5O. The fourth-order valence-electron chi connectivity index (χ4n) is 3.38. The number of nitrogens with one attached hydrogen (secondary N) is 1. The van der Waals surface area contributed by atoms with Crippen molar-refractivity contribution < 1.29 is 5.11 Å². The van der Waals surface area contributed by atoms with E-state index in [0.717, 1.165) is 28.3 Å². The molecule has 1 aliphatic carbocycles. The lowest BCUT2D eigenvalue weighted by Gasteiger charge is -2.15. The maximum absolute atomic E-state index is 8.87. The number of aryl methyl sites for hydroxylation is 1. The number of rotatable bonds is 4. The average Bonchev–Trinajstić information content (AvgIpc) is 3.11. The molecular weight excluding hydrogens is 338 g/mol. The topological polar surface area (TPSA) is 75.9 Å². The van der Waals surface area contributed by atoms with E-state index >= 15 is 0 Å². The van der Waals surface area contributed by atoms with Gasteiger partial charge in [0.15, 0.2) is 5.82 Å². The molecule has 0 saturated heterocycles. The van der Waals surface area contributed by atoms with E-state index in [9.17, 15) is 0 Å². The largest absolute Gasteiger partial charge is 0.395 e. The predicted octanol–water partition coefficient (Wildman–Crippen LogP) is 4.11. The zero-order valence-corrected chi connectivity index (χ0v) is 16.2. The van der Waals surface area contributed by atoms with Crippen molar-refractivity contribution in [2.75, 3.05) is 18.5 Å². The Morgan fingerprint density at radius 3 is 2.67 bits per heavy atom. The van der Waals surface area contributed by atoms with E-state index < -0.39 is 0 Å². The van der Waals surface area contributed by atoms with Gasteiger partial charge in [-0.05, 0) is 31.0 Å². The molecule has 1 aliphatic rings. The molecule has 144 valence electrons. The number of hydrogen-bond donors (Lipinski definition) is 2. The SMILES string of the molecule is CC1CCCCC1.Cc1nccc(-n2ncc3ccc(NCCO)cc32)n1. The van der Waals surface area contributed by atoms with Crippen LogP contribution in [-0.2, 0) is 0 Å². The van der Waals surface area contributed by atoms with Crippen LogP contribution >= 0.6 is 0 Å². The maximum atomic E-state index is 8.87. The molecule has 0 atom stereocenters. The molecule has 0 aliphatic heterocycles. The minimum absolute atomic E-state index is 0.0996. The van der Waals surface area contributed by atoms with Crippen molar-refractivity contribution >= 4 is 16.6 Å². The van der Waals surface area contributed by atoms with Crippen molar-refractivity contribution in [2.45, 2.75) is 46.0 Å². The van der Waals surface area contributed by atoms with Crippen LogP contribution in [0.5, 0.6) is 0 Å². The van der Waals surface area contributed by atoms with Gasteiger partial charge in [-0.2, -0.15) is 5.10 Å². The Labute approximate surface area is 160 Å². The summed E-state index contributed by atoms with van der Waals surface area (Å²) < 4.78 is 1.79. The van der Waals surface area contributed by atoms with Crippen LogP contribution in [0.3, 0.4) is 0 Å². The van der Waals surface area contributed by atoms with Gasteiger partial charge in [0, 0.05) is 29.9 Å². The Balaban J connectivity index is 0.000000253. The van der Waals surface area contributed by atoms with Crippen LogP contribution in [0.4, 0.5) is 5.69 Å². The third-order valence-electron chi connectivity index (χ3n) is 4.88. The zero-order chi connectivity index (χ0) is 19.1. The molecule has 0 amide bonds. The molecule has 2 N–H and O–H groups in total. The second kappa shape index (κ2) is 9.46. The monoisotopic (exact) mass is 367 g/mol. The van der Waals surface area contributed by atoms with Gasteiger partial charge in [-0.25, -0.2) is 14.6 Å². The Kier molecular flexibility index (Phi) is 6.76. The molecule has 2 aromatic heterocycles. The van der Waals surface area contributed by atoms with Gasteiger partial charge in [-0.3, -0.25) is 0 Å². The molecule has 0 spiro atoms. The highest BCUT2D eigenvalue weighted by atomic mass is 16.3. The number of anilines is 1. The third kappa shape index (κ3) is 5.26. The van der Waals surface area contributed by atoms with Crippen LogP contribution < -0.4 is 5.32 Å². The number of aliphatic hydroxyl groups excluding tert-OH is 1. The van der Waals surface area contributed by atoms with Crippen molar-refractivity contribution in [3.63, 3.8) is 0 Å². The van der Waals surface area contributed by atoms with Crippen LogP contribution in [0.15, 0.2) is 36.7 Å². The molecule has 1 saturated carbocycles. The summed E-state index contributed by atoms with van der Waals surface area (Å²) in [4.78, 5) is 8.48. The first-order chi connectivity index (χ1) is 13.2. The lowest BCUT2D eigenvalue weighted by molar-refractivity contribution is 0.311. The molecule has 6 heteroatoms. The van der Waals surface area contributed by atoms with Crippen LogP contribution in [0.1, 0.15) is 44.9 Å². The highest BCUT2D eigenvalue weighted by molar-refractivity contribution is 5.83. The summed E-state index contributed by atoms with van der Waals surface area (Å²) in [7, 11) is 0. The normalized spacial score (nSPS) is 14.6. The first-order valence-corrected chi connectivity index (χ1v) is 9.80. The predicted molar refractivity (Wildman–Crippen MR) is 109 cm³/mol. The number of aromatic nitrogens is 4. The number of benzene rings is 1. The lowest BCUT2D eigenvalue weighted by Crippen LogP contribution is -2.05. The van der Waals surface area contributed by atoms with Crippen molar-refractivity contribution in [3.8, 4) is 5.82 Å². The molecule has 1 fully saturated rings. The van der Waals surface area contributed by atoms with E-state index in [-0.39, 0.29) is 6.61 Å². The highest BCUT2D eigenvalue weighted by Gasteiger charge is 2.07. The molecule has 0 radical (unpaired) electrons. The van der Waals surface area contributed by atoms with Crippen molar-refractivity contribution in [1.82, 2.24) is 19.7 Å². The van der Waals surface area contributed by atoms with Crippen LogP contribution in [0, 0.1) is 12.8 Å². The maximum Gasteiger partial charge on any atom is 0.157 e. The molecule has 4 rings (SSSR count). The number of aliphatic hydroxyl groups is 1. The molecule has 2 heterocycles. The van der Waals surface area contributed by atoms with Gasteiger partial charge in [-0.1, -0.05) is 39.0 Å². The van der Waals surface area contributed by atoms with Crippen molar-refractivity contribution in [3.05, 3.63) is 42.5 Å². The van der Waals surface area contributed by atoms with Gasteiger partial charge < -0.3 is 10.4 Å². The summed E-state index contributed by atoms with van der Waals surface area (Å²) in [5, 5.41) is 17.4.